The van der Waals surface area contributed by atoms with Crippen molar-refractivity contribution in [3.05, 3.63) is 18.4 Å². The fourth-order valence-corrected chi connectivity index (χ4v) is 2.43. The Balaban J connectivity index is 2.83. The van der Waals surface area contributed by atoms with Crippen molar-refractivity contribution in [2.75, 3.05) is 0 Å². The van der Waals surface area contributed by atoms with Gasteiger partial charge in [-0.25, -0.2) is 4.98 Å². The quantitative estimate of drug-likeness (QED) is 0.724. The van der Waals surface area contributed by atoms with Crippen molar-refractivity contribution < 1.29 is 8.84 Å². The zero-order valence-corrected chi connectivity index (χ0v) is 10.7. The van der Waals surface area contributed by atoms with Crippen LogP contribution in [0, 0.1) is 5.41 Å². The van der Waals surface area contributed by atoms with Gasteiger partial charge in [0.05, 0.1) is 6.10 Å². The number of aromatic nitrogens is 1. The van der Waals surface area contributed by atoms with E-state index < -0.39 is 9.04 Å². The van der Waals surface area contributed by atoms with Crippen LogP contribution in [0.1, 0.15) is 32.6 Å². The third-order valence-electron chi connectivity index (χ3n) is 1.91. The predicted molar refractivity (Wildman–Crippen MR) is 58.7 cm³/mol. The van der Waals surface area contributed by atoms with E-state index in [1.807, 2.05) is 0 Å². The van der Waals surface area contributed by atoms with Crippen molar-refractivity contribution in [3.63, 3.8) is 0 Å². The van der Waals surface area contributed by atoms with Crippen molar-refractivity contribution in [3.8, 4) is 0 Å². The van der Waals surface area contributed by atoms with Crippen molar-refractivity contribution in [2.45, 2.75) is 40.0 Å². The van der Waals surface area contributed by atoms with E-state index in [0.29, 0.717) is 0 Å². The summed E-state index contributed by atoms with van der Waals surface area (Å²) < 4.78 is 11.0. The second kappa shape index (κ2) is 4.27. The number of nitrogens with zero attached hydrogens (tertiary/aromatic N) is 1. The van der Waals surface area contributed by atoms with E-state index in [9.17, 15) is 0 Å². The third kappa shape index (κ3) is 2.96. The lowest BCUT2D eigenvalue weighted by atomic mass is 9.88. The molecule has 0 spiro atoms. The summed E-state index contributed by atoms with van der Waals surface area (Å²) in [6.45, 7) is 10.8. The molecule has 0 aromatic carbocycles. The van der Waals surface area contributed by atoms with E-state index >= 15 is 0 Å². The molecule has 0 amide bonds. The lowest BCUT2D eigenvalue weighted by Crippen LogP contribution is -2.26. The Morgan fingerprint density at radius 3 is 2.43 bits per heavy atom. The lowest BCUT2D eigenvalue weighted by molar-refractivity contribution is 0.0826. The second-order valence-corrected chi connectivity index (χ2v) is 7.21. The second-order valence-electron chi connectivity index (χ2n) is 4.84. The van der Waals surface area contributed by atoms with Gasteiger partial charge in [0.25, 0.3) is 0 Å². The van der Waals surface area contributed by atoms with Gasteiger partial charge in [-0.05, 0) is 18.5 Å². The molecule has 0 N–H and O–H groups in total. The van der Waals surface area contributed by atoms with Crippen LogP contribution in [0.15, 0.2) is 17.1 Å². The minimum atomic E-state index is -1.05. The van der Waals surface area contributed by atoms with Crippen LogP contribution in [-0.2, 0) is 4.43 Å². The molecule has 0 aliphatic heterocycles. The molecule has 0 aliphatic carbocycles. The van der Waals surface area contributed by atoms with Gasteiger partial charge >= 0.3 is 0 Å². The summed E-state index contributed by atoms with van der Waals surface area (Å²) >= 11 is 0. The van der Waals surface area contributed by atoms with Gasteiger partial charge in [0.2, 0.25) is 0 Å². The Kier molecular flexibility index (Phi) is 3.50. The molecular formula is C10H19NO2Si. The summed E-state index contributed by atoms with van der Waals surface area (Å²) in [5.74, 6) is 0. The molecule has 4 heteroatoms. The van der Waals surface area contributed by atoms with Gasteiger partial charge in [-0.15, -0.1) is 0 Å². The highest BCUT2D eigenvalue weighted by Crippen LogP contribution is 2.35. The summed E-state index contributed by atoms with van der Waals surface area (Å²) in [7, 11) is -1.05. The average molecular weight is 213 g/mol. The summed E-state index contributed by atoms with van der Waals surface area (Å²) in [5.41, 5.74) is 0.965. The van der Waals surface area contributed by atoms with Crippen LogP contribution in [0.25, 0.3) is 0 Å². The predicted octanol–water partition coefficient (Wildman–Crippen LogP) is 2.76. The van der Waals surface area contributed by atoms with Crippen LogP contribution >= 0.6 is 0 Å². The third-order valence-corrected chi connectivity index (χ3v) is 2.73. The topological polar surface area (TPSA) is 35.3 Å². The van der Waals surface area contributed by atoms with Gasteiger partial charge in [-0.1, -0.05) is 20.8 Å². The highest BCUT2D eigenvalue weighted by molar-refractivity contribution is 6.48. The zero-order valence-electron chi connectivity index (χ0n) is 9.57. The van der Waals surface area contributed by atoms with Gasteiger partial charge in [-0.3, -0.25) is 0 Å². The molecule has 0 bridgehead atoms. The number of hydrogen-bond acceptors (Lipinski definition) is 3. The molecule has 0 radical (unpaired) electrons. The highest BCUT2D eigenvalue weighted by Gasteiger charge is 2.29. The largest absolute Gasteiger partial charge is 0.451 e. The van der Waals surface area contributed by atoms with E-state index in [0.717, 1.165) is 5.69 Å². The molecule has 0 saturated carbocycles. The van der Waals surface area contributed by atoms with Gasteiger partial charge < -0.3 is 8.84 Å². The van der Waals surface area contributed by atoms with E-state index in [2.05, 4.69) is 38.8 Å². The molecule has 80 valence electrons. The Morgan fingerprint density at radius 2 is 2.07 bits per heavy atom. The average Bonchev–Trinajstić information content (AvgIpc) is 2.49. The molecule has 1 unspecified atom stereocenters. The number of hydrogen-bond donors (Lipinski definition) is 0. The molecule has 1 atom stereocenters. The normalized spacial score (nSPS) is 14.7. The zero-order chi connectivity index (χ0) is 10.8. The standard InChI is InChI=1S/C10H19NO2Si/c1-10(2,3)9(13-14(4)5)8-6-12-7-11-8/h6-7,9,14H,1-5H3. The maximum atomic E-state index is 5.98. The van der Waals surface area contributed by atoms with Crippen molar-refractivity contribution in [1.82, 2.24) is 4.98 Å². The van der Waals surface area contributed by atoms with Gasteiger partial charge in [-0.2, -0.15) is 0 Å². The minimum Gasteiger partial charge on any atom is -0.451 e. The Bertz CT molecular complexity index is 264. The first-order valence-electron chi connectivity index (χ1n) is 4.95. The number of rotatable bonds is 3. The van der Waals surface area contributed by atoms with E-state index in [4.69, 9.17) is 8.84 Å². The molecule has 1 rings (SSSR count). The molecule has 0 aliphatic rings. The molecule has 1 aromatic heterocycles. The SMILES string of the molecule is C[SiH](C)OC(c1cocn1)C(C)(C)C. The molecule has 3 nitrogen and oxygen atoms in total. The first-order chi connectivity index (χ1) is 6.41. The van der Waals surface area contributed by atoms with Crippen molar-refractivity contribution in [1.29, 1.82) is 0 Å². The fourth-order valence-electron chi connectivity index (χ4n) is 1.34. The highest BCUT2D eigenvalue weighted by atomic mass is 28.3. The van der Waals surface area contributed by atoms with Crippen molar-refractivity contribution >= 4 is 9.04 Å². The van der Waals surface area contributed by atoms with Gasteiger partial charge in [0, 0.05) is 0 Å². The molecule has 1 aromatic rings. The maximum Gasteiger partial charge on any atom is 0.180 e. The first-order valence-corrected chi connectivity index (χ1v) is 7.73. The molecule has 14 heavy (non-hydrogen) atoms. The van der Waals surface area contributed by atoms with E-state index in [-0.39, 0.29) is 11.5 Å². The smallest absolute Gasteiger partial charge is 0.180 e. The molecular weight excluding hydrogens is 194 g/mol. The van der Waals surface area contributed by atoms with Crippen LogP contribution in [0.4, 0.5) is 0 Å². The number of oxazole rings is 1. The van der Waals surface area contributed by atoms with Crippen LogP contribution in [0.2, 0.25) is 13.1 Å². The molecule has 1 heterocycles. The fraction of sp³-hybridized carbons (Fsp3) is 0.700. The Morgan fingerprint density at radius 1 is 1.43 bits per heavy atom. The van der Waals surface area contributed by atoms with E-state index in [1.165, 1.54) is 6.39 Å². The monoisotopic (exact) mass is 213 g/mol. The lowest BCUT2D eigenvalue weighted by Gasteiger charge is -2.30. The summed E-state index contributed by atoms with van der Waals surface area (Å²) in [5, 5.41) is 0. The minimum absolute atomic E-state index is 0.0490. The van der Waals surface area contributed by atoms with Gasteiger partial charge in [0.1, 0.15) is 12.0 Å². The Labute approximate surface area is 87.2 Å². The Hall–Kier alpha value is -0.613. The van der Waals surface area contributed by atoms with Crippen LogP contribution < -0.4 is 0 Å². The van der Waals surface area contributed by atoms with Gasteiger partial charge in [0.15, 0.2) is 15.4 Å². The molecule has 0 fully saturated rings. The first kappa shape index (κ1) is 11.5. The summed E-state index contributed by atoms with van der Waals surface area (Å²) in [6, 6.07) is 0. The van der Waals surface area contributed by atoms with Crippen LogP contribution in [0.3, 0.4) is 0 Å². The maximum absolute atomic E-state index is 5.98. The summed E-state index contributed by atoms with van der Waals surface area (Å²) in [4.78, 5) is 4.17. The van der Waals surface area contributed by atoms with Crippen LogP contribution in [-0.4, -0.2) is 14.0 Å². The van der Waals surface area contributed by atoms with E-state index in [1.54, 1.807) is 6.26 Å². The van der Waals surface area contributed by atoms with Crippen molar-refractivity contribution in [2.24, 2.45) is 5.41 Å². The molecule has 0 saturated heterocycles. The van der Waals surface area contributed by atoms with Crippen LogP contribution in [0.5, 0.6) is 0 Å². The summed E-state index contributed by atoms with van der Waals surface area (Å²) in [6.07, 6.45) is 3.18.